The number of carbonyl (C=O) groups excluding carboxylic acids is 1. The molecule has 98 valence electrons. The van der Waals surface area contributed by atoms with Gasteiger partial charge in [-0.05, 0) is 24.3 Å². The second-order valence-corrected chi connectivity index (χ2v) is 4.11. The van der Waals surface area contributed by atoms with E-state index in [1.807, 2.05) is 0 Å². The molecule has 3 N–H and O–H groups in total. The van der Waals surface area contributed by atoms with Crippen LogP contribution in [0.4, 0.5) is 14.9 Å². The van der Waals surface area contributed by atoms with Gasteiger partial charge in [-0.1, -0.05) is 0 Å². The van der Waals surface area contributed by atoms with Crippen molar-refractivity contribution in [3.05, 3.63) is 30.1 Å². The van der Waals surface area contributed by atoms with Crippen molar-refractivity contribution >= 4 is 11.7 Å². The van der Waals surface area contributed by atoms with Gasteiger partial charge < -0.3 is 20.7 Å². The van der Waals surface area contributed by atoms with Crippen molar-refractivity contribution in [2.75, 3.05) is 31.6 Å². The molecular weight excluding hydrogens is 237 g/mol. The van der Waals surface area contributed by atoms with Crippen LogP contribution >= 0.6 is 0 Å². The van der Waals surface area contributed by atoms with Gasteiger partial charge in [-0.2, -0.15) is 0 Å². The number of halogens is 1. The number of hydrogen-bond donors (Lipinski definition) is 2. The number of nitrogens with one attached hydrogen (secondary N) is 1. The number of anilines is 1. The average Bonchev–Trinajstić information content (AvgIpc) is 2.41. The molecule has 2 rings (SSSR count). The predicted octanol–water partition coefficient (Wildman–Crippen LogP) is 1.02. The summed E-state index contributed by atoms with van der Waals surface area (Å²) in [6.07, 6.45) is -0.113. The van der Waals surface area contributed by atoms with E-state index in [0.717, 1.165) is 0 Å². The molecule has 1 aliphatic rings. The Labute approximate surface area is 105 Å². The summed E-state index contributed by atoms with van der Waals surface area (Å²) in [6, 6.07) is 5.43. The standard InChI is InChI=1S/C12H16FN3O2/c13-9-1-3-10(4-2-9)15-12(17)16-5-6-18-11(7-14)8-16/h1-4,11H,5-8,14H2,(H,15,17). The summed E-state index contributed by atoms with van der Waals surface area (Å²) in [7, 11) is 0. The minimum Gasteiger partial charge on any atom is -0.373 e. The number of nitrogens with two attached hydrogens (primary N) is 1. The number of rotatable bonds is 2. The first-order valence-electron chi connectivity index (χ1n) is 5.82. The van der Waals surface area contributed by atoms with Crippen LogP contribution in [0.2, 0.25) is 0 Å². The summed E-state index contributed by atoms with van der Waals surface area (Å²) in [4.78, 5) is 13.6. The predicted molar refractivity (Wildman–Crippen MR) is 65.8 cm³/mol. The highest BCUT2D eigenvalue weighted by atomic mass is 19.1. The summed E-state index contributed by atoms with van der Waals surface area (Å²) >= 11 is 0. The molecule has 2 amide bonds. The number of benzene rings is 1. The number of morpholine rings is 1. The molecule has 6 heteroatoms. The summed E-state index contributed by atoms with van der Waals surface area (Å²) in [6.45, 7) is 1.88. The molecule has 18 heavy (non-hydrogen) atoms. The summed E-state index contributed by atoms with van der Waals surface area (Å²) in [5.41, 5.74) is 6.08. The van der Waals surface area contributed by atoms with Crippen LogP contribution in [0.25, 0.3) is 0 Å². The Bertz CT molecular complexity index is 410. The van der Waals surface area contributed by atoms with E-state index in [1.165, 1.54) is 24.3 Å². The van der Waals surface area contributed by atoms with Crippen LogP contribution in [0.3, 0.4) is 0 Å². The SMILES string of the molecule is NCC1CN(C(=O)Nc2ccc(F)cc2)CCO1. The normalized spacial score (nSPS) is 19.7. The first-order valence-corrected chi connectivity index (χ1v) is 5.82. The zero-order valence-corrected chi connectivity index (χ0v) is 9.93. The van der Waals surface area contributed by atoms with Crippen LogP contribution in [0, 0.1) is 5.82 Å². The number of ether oxygens (including phenoxy) is 1. The molecule has 1 unspecified atom stereocenters. The molecular formula is C12H16FN3O2. The number of carbonyl (C=O) groups is 1. The molecule has 1 aromatic carbocycles. The zero-order chi connectivity index (χ0) is 13.0. The van der Waals surface area contributed by atoms with Gasteiger partial charge in [-0.25, -0.2) is 9.18 Å². The maximum absolute atomic E-state index is 12.7. The lowest BCUT2D eigenvalue weighted by Crippen LogP contribution is -2.49. The van der Waals surface area contributed by atoms with Crippen molar-refractivity contribution in [3.8, 4) is 0 Å². The van der Waals surface area contributed by atoms with Crippen molar-refractivity contribution in [2.24, 2.45) is 5.73 Å². The Kier molecular flexibility index (Phi) is 4.11. The van der Waals surface area contributed by atoms with Gasteiger partial charge in [0, 0.05) is 25.3 Å². The minimum atomic E-state index is -0.331. The largest absolute Gasteiger partial charge is 0.373 e. The number of urea groups is 1. The third kappa shape index (κ3) is 3.18. The van der Waals surface area contributed by atoms with Gasteiger partial charge in [0.2, 0.25) is 0 Å². The Balaban J connectivity index is 1.93. The van der Waals surface area contributed by atoms with Crippen molar-refractivity contribution in [1.82, 2.24) is 4.90 Å². The van der Waals surface area contributed by atoms with E-state index in [1.54, 1.807) is 4.90 Å². The molecule has 0 aromatic heterocycles. The van der Waals surface area contributed by atoms with E-state index in [4.69, 9.17) is 10.5 Å². The van der Waals surface area contributed by atoms with Crippen molar-refractivity contribution in [2.45, 2.75) is 6.10 Å². The van der Waals surface area contributed by atoms with Gasteiger partial charge in [-0.3, -0.25) is 0 Å². The minimum absolute atomic E-state index is 0.113. The van der Waals surface area contributed by atoms with Gasteiger partial charge in [0.05, 0.1) is 12.7 Å². The zero-order valence-electron chi connectivity index (χ0n) is 9.93. The highest BCUT2D eigenvalue weighted by Crippen LogP contribution is 2.11. The lowest BCUT2D eigenvalue weighted by Gasteiger charge is -2.32. The van der Waals surface area contributed by atoms with Crippen LogP contribution in [-0.2, 0) is 4.74 Å². The highest BCUT2D eigenvalue weighted by molar-refractivity contribution is 5.89. The molecule has 1 aliphatic heterocycles. The summed E-state index contributed by atoms with van der Waals surface area (Å²) in [5, 5.41) is 2.71. The third-order valence-electron chi connectivity index (χ3n) is 2.78. The monoisotopic (exact) mass is 253 g/mol. The van der Waals surface area contributed by atoms with Crippen LogP contribution < -0.4 is 11.1 Å². The lowest BCUT2D eigenvalue weighted by atomic mass is 10.3. The number of amides is 2. The molecule has 1 aromatic rings. The fraction of sp³-hybridized carbons (Fsp3) is 0.417. The van der Waals surface area contributed by atoms with E-state index in [0.29, 0.717) is 31.9 Å². The average molecular weight is 253 g/mol. The fourth-order valence-electron chi connectivity index (χ4n) is 1.78. The molecule has 1 saturated heterocycles. The van der Waals surface area contributed by atoms with E-state index >= 15 is 0 Å². The van der Waals surface area contributed by atoms with E-state index in [2.05, 4.69) is 5.32 Å². The number of hydrogen-bond acceptors (Lipinski definition) is 3. The van der Waals surface area contributed by atoms with Crippen LogP contribution in [0.5, 0.6) is 0 Å². The quantitative estimate of drug-likeness (QED) is 0.826. The molecule has 1 atom stereocenters. The number of nitrogens with zero attached hydrogens (tertiary/aromatic N) is 1. The van der Waals surface area contributed by atoms with Gasteiger partial charge >= 0.3 is 6.03 Å². The highest BCUT2D eigenvalue weighted by Gasteiger charge is 2.23. The van der Waals surface area contributed by atoms with Gasteiger partial charge in [0.25, 0.3) is 0 Å². The molecule has 5 nitrogen and oxygen atoms in total. The van der Waals surface area contributed by atoms with E-state index in [9.17, 15) is 9.18 Å². The summed E-state index contributed by atoms with van der Waals surface area (Å²) < 4.78 is 18.1. The Morgan fingerprint density at radius 1 is 1.50 bits per heavy atom. The Hall–Kier alpha value is -1.66. The molecule has 0 aliphatic carbocycles. The topological polar surface area (TPSA) is 67.6 Å². The molecule has 0 spiro atoms. The van der Waals surface area contributed by atoms with Crippen LogP contribution in [-0.4, -0.2) is 43.3 Å². The fourth-order valence-corrected chi connectivity index (χ4v) is 1.78. The second-order valence-electron chi connectivity index (χ2n) is 4.11. The molecule has 1 heterocycles. The maximum atomic E-state index is 12.7. The van der Waals surface area contributed by atoms with Gasteiger partial charge in [0.15, 0.2) is 0 Å². The molecule has 0 bridgehead atoms. The van der Waals surface area contributed by atoms with Crippen molar-refractivity contribution < 1.29 is 13.9 Å². The Morgan fingerprint density at radius 3 is 2.89 bits per heavy atom. The van der Waals surface area contributed by atoms with E-state index in [-0.39, 0.29) is 18.0 Å². The second kappa shape index (κ2) is 5.79. The Morgan fingerprint density at radius 2 is 2.22 bits per heavy atom. The maximum Gasteiger partial charge on any atom is 0.322 e. The van der Waals surface area contributed by atoms with E-state index < -0.39 is 0 Å². The van der Waals surface area contributed by atoms with Crippen molar-refractivity contribution in [1.29, 1.82) is 0 Å². The smallest absolute Gasteiger partial charge is 0.322 e. The first-order chi connectivity index (χ1) is 8.69. The van der Waals surface area contributed by atoms with Crippen LogP contribution in [0.1, 0.15) is 0 Å². The summed E-state index contributed by atoms with van der Waals surface area (Å²) in [5.74, 6) is -0.331. The van der Waals surface area contributed by atoms with Gasteiger partial charge in [-0.15, -0.1) is 0 Å². The van der Waals surface area contributed by atoms with Crippen molar-refractivity contribution in [3.63, 3.8) is 0 Å². The van der Waals surface area contributed by atoms with Crippen LogP contribution in [0.15, 0.2) is 24.3 Å². The van der Waals surface area contributed by atoms with Gasteiger partial charge in [0.1, 0.15) is 5.82 Å². The molecule has 1 fully saturated rings. The molecule has 0 saturated carbocycles. The third-order valence-corrected chi connectivity index (χ3v) is 2.78. The molecule has 0 radical (unpaired) electrons. The lowest BCUT2D eigenvalue weighted by molar-refractivity contribution is -0.00660. The first kappa shape index (κ1) is 12.8.